The number of nitrogens with zero attached hydrogens (tertiary/aromatic N) is 1. The van der Waals surface area contributed by atoms with E-state index in [1.807, 2.05) is 5.32 Å². The summed E-state index contributed by atoms with van der Waals surface area (Å²) < 4.78 is 43.4. The predicted molar refractivity (Wildman–Crippen MR) is 69.3 cm³/mol. The summed E-state index contributed by atoms with van der Waals surface area (Å²) in [7, 11) is 0. The summed E-state index contributed by atoms with van der Waals surface area (Å²) in [6.45, 7) is 6.46. The molecule has 0 heterocycles. The molecule has 0 aromatic heterocycles. The molecule has 0 saturated carbocycles. The highest BCUT2D eigenvalue weighted by atomic mass is 19.4. The van der Waals surface area contributed by atoms with E-state index in [4.69, 9.17) is 4.74 Å². The first-order valence-electron chi connectivity index (χ1n) is 6.41. The Labute approximate surface area is 121 Å². The third-order valence-electron chi connectivity index (χ3n) is 2.43. The van der Waals surface area contributed by atoms with Gasteiger partial charge in [0.2, 0.25) is 6.54 Å². The van der Waals surface area contributed by atoms with Crippen LogP contribution in [0.5, 0.6) is 0 Å². The maximum Gasteiger partial charge on any atom is 0.410 e. The normalized spacial score (nSPS) is 15.7. The fourth-order valence-electron chi connectivity index (χ4n) is 1.51. The molecular formula is C12H21F3N2O4. The average molecular weight is 314 g/mol. The maximum absolute atomic E-state index is 12.8. The second-order valence-corrected chi connectivity index (χ2v) is 6.03. The Bertz CT molecular complexity index is 378. The van der Waals surface area contributed by atoms with Crippen LogP contribution in [0, 0.1) is 16.0 Å². The quantitative estimate of drug-likeness (QED) is 0.461. The number of nitro groups is 1. The van der Waals surface area contributed by atoms with Crippen LogP contribution in [0.1, 0.15) is 34.6 Å². The Morgan fingerprint density at radius 2 is 1.76 bits per heavy atom. The van der Waals surface area contributed by atoms with Crippen LogP contribution in [-0.2, 0) is 9.53 Å². The number of nitrogens with one attached hydrogen (secondary N) is 1. The van der Waals surface area contributed by atoms with Crippen molar-refractivity contribution in [2.45, 2.75) is 58.5 Å². The molecule has 0 bridgehead atoms. The second-order valence-electron chi connectivity index (χ2n) is 6.03. The summed E-state index contributed by atoms with van der Waals surface area (Å²) >= 11 is 0. The van der Waals surface area contributed by atoms with Crippen molar-refractivity contribution in [2.24, 2.45) is 5.92 Å². The van der Waals surface area contributed by atoms with Gasteiger partial charge in [0.15, 0.2) is 6.04 Å². The summed E-state index contributed by atoms with van der Waals surface area (Å²) in [4.78, 5) is 21.2. The Balaban J connectivity index is 5.11. The van der Waals surface area contributed by atoms with Gasteiger partial charge in [0, 0.05) is 4.92 Å². The number of rotatable bonds is 6. The smallest absolute Gasteiger partial charge is 0.410 e. The number of alkyl halides is 3. The minimum atomic E-state index is -4.83. The number of carbonyl (C=O) groups is 1. The van der Waals surface area contributed by atoms with Gasteiger partial charge in [0.25, 0.3) is 0 Å². The van der Waals surface area contributed by atoms with Gasteiger partial charge in [0.1, 0.15) is 11.6 Å². The molecule has 21 heavy (non-hydrogen) atoms. The van der Waals surface area contributed by atoms with Gasteiger partial charge in [-0.25, -0.2) is 0 Å². The van der Waals surface area contributed by atoms with Crippen molar-refractivity contribution in [3.05, 3.63) is 10.1 Å². The first-order chi connectivity index (χ1) is 9.24. The van der Waals surface area contributed by atoms with Gasteiger partial charge in [-0.2, -0.15) is 13.2 Å². The van der Waals surface area contributed by atoms with Gasteiger partial charge in [0.05, 0.1) is 0 Å². The summed E-state index contributed by atoms with van der Waals surface area (Å²) in [5.41, 5.74) is -0.858. The van der Waals surface area contributed by atoms with E-state index in [0.717, 1.165) is 0 Å². The summed E-state index contributed by atoms with van der Waals surface area (Å²) in [6.07, 6.45) is -4.83. The van der Waals surface area contributed by atoms with E-state index >= 15 is 0 Å². The first kappa shape index (κ1) is 19.6. The van der Waals surface area contributed by atoms with Crippen molar-refractivity contribution in [2.75, 3.05) is 6.54 Å². The fraction of sp³-hybridized carbons (Fsp3) is 0.917. The average Bonchev–Trinajstić information content (AvgIpc) is 2.18. The molecule has 0 aromatic carbocycles. The van der Waals surface area contributed by atoms with Gasteiger partial charge in [-0.05, 0) is 26.7 Å². The topological polar surface area (TPSA) is 81.5 Å². The van der Waals surface area contributed by atoms with Crippen molar-refractivity contribution in [3.63, 3.8) is 0 Å². The van der Waals surface area contributed by atoms with Crippen molar-refractivity contribution in [1.82, 2.24) is 5.32 Å². The standard InChI is InChI=1S/C12H21F3N2O4/c1-7(2)9(10(18)21-11(3,4)5)16-8(6-17(19)20)12(13,14)15/h7-9,16H,6H2,1-5H3/t8-,9-/m0/s1. The van der Waals surface area contributed by atoms with Crippen molar-refractivity contribution in [3.8, 4) is 0 Å². The predicted octanol–water partition coefficient (Wildman–Crippen LogP) is 2.15. The molecule has 2 atom stereocenters. The van der Waals surface area contributed by atoms with Crippen LogP contribution in [-0.4, -0.2) is 41.3 Å². The van der Waals surface area contributed by atoms with E-state index in [2.05, 4.69) is 0 Å². The van der Waals surface area contributed by atoms with Crippen LogP contribution >= 0.6 is 0 Å². The molecule has 0 saturated heterocycles. The molecule has 0 radical (unpaired) electrons. The molecule has 0 rings (SSSR count). The minimum Gasteiger partial charge on any atom is -0.459 e. The molecule has 0 aromatic rings. The van der Waals surface area contributed by atoms with Crippen LogP contribution in [0.4, 0.5) is 13.2 Å². The minimum absolute atomic E-state index is 0.517. The molecule has 124 valence electrons. The Hall–Kier alpha value is -1.38. The van der Waals surface area contributed by atoms with E-state index in [9.17, 15) is 28.1 Å². The van der Waals surface area contributed by atoms with Crippen LogP contribution in [0.15, 0.2) is 0 Å². The van der Waals surface area contributed by atoms with Crippen LogP contribution in [0.3, 0.4) is 0 Å². The second kappa shape index (κ2) is 7.06. The third-order valence-corrected chi connectivity index (χ3v) is 2.43. The highest BCUT2D eigenvalue weighted by molar-refractivity contribution is 5.76. The maximum atomic E-state index is 12.8. The van der Waals surface area contributed by atoms with Crippen LogP contribution in [0.2, 0.25) is 0 Å². The molecule has 0 unspecified atom stereocenters. The van der Waals surface area contributed by atoms with Gasteiger partial charge in [-0.3, -0.25) is 20.2 Å². The number of halogens is 3. The highest BCUT2D eigenvalue weighted by Gasteiger charge is 2.46. The number of carbonyl (C=O) groups excluding carboxylic acids is 1. The van der Waals surface area contributed by atoms with Gasteiger partial charge in [-0.1, -0.05) is 13.8 Å². The first-order valence-corrected chi connectivity index (χ1v) is 6.41. The molecule has 0 fully saturated rings. The monoisotopic (exact) mass is 314 g/mol. The molecular weight excluding hydrogens is 293 g/mol. The van der Waals surface area contributed by atoms with Crippen molar-refractivity contribution < 1.29 is 27.6 Å². The summed E-state index contributed by atoms with van der Waals surface area (Å²) in [5, 5.41) is 12.4. The largest absolute Gasteiger partial charge is 0.459 e. The lowest BCUT2D eigenvalue weighted by Crippen LogP contribution is -2.56. The molecule has 6 nitrogen and oxygen atoms in total. The van der Waals surface area contributed by atoms with E-state index in [-0.39, 0.29) is 0 Å². The summed E-state index contributed by atoms with van der Waals surface area (Å²) in [6, 6.07) is -3.69. The Kier molecular flexibility index (Phi) is 6.59. The number of hydrogen-bond acceptors (Lipinski definition) is 5. The van der Waals surface area contributed by atoms with Gasteiger partial charge in [-0.15, -0.1) is 0 Å². The van der Waals surface area contributed by atoms with Crippen LogP contribution in [0.25, 0.3) is 0 Å². The van der Waals surface area contributed by atoms with E-state index in [1.165, 1.54) is 13.8 Å². The lowest BCUT2D eigenvalue weighted by atomic mass is 10.0. The lowest BCUT2D eigenvalue weighted by Gasteiger charge is -2.29. The van der Waals surface area contributed by atoms with Gasteiger partial charge >= 0.3 is 12.1 Å². The zero-order valence-corrected chi connectivity index (χ0v) is 12.7. The van der Waals surface area contributed by atoms with E-state index in [1.54, 1.807) is 20.8 Å². The highest BCUT2D eigenvalue weighted by Crippen LogP contribution is 2.22. The SMILES string of the molecule is CC(C)[C@H](N[C@@H](C[N+](=O)[O-])C(F)(F)F)C(=O)OC(C)(C)C. The fourth-order valence-corrected chi connectivity index (χ4v) is 1.51. The molecule has 0 aliphatic carbocycles. The van der Waals surface area contributed by atoms with E-state index < -0.39 is 47.2 Å². The van der Waals surface area contributed by atoms with Crippen molar-refractivity contribution >= 4 is 5.97 Å². The summed E-state index contributed by atoms with van der Waals surface area (Å²) in [5.74, 6) is -1.38. The molecule has 0 amide bonds. The number of ether oxygens (including phenoxy) is 1. The molecule has 9 heteroatoms. The number of esters is 1. The van der Waals surface area contributed by atoms with Crippen molar-refractivity contribution in [1.29, 1.82) is 0 Å². The lowest BCUT2D eigenvalue weighted by molar-refractivity contribution is -0.491. The van der Waals surface area contributed by atoms with E-state index in [0.29, 0.717) is 0 Å². The molecule has 0 spiro atoms. The van der Waals surface area contributed by atoms with Gasteiger partial charge < -0.3 is 4.74 Å². The molecule has 0 aliphatic heterocycles. The number of hydrogen-bond donors (Lipinski definition) is 1. The zero-order chi connectivity index (χ0) is 17.0. The zero-order valence-electron chi connectivity index (χ0n) is 12.7. The molecule has 1 N–H and O–H groups in total. The molecule has 0 aliphatic rings. The van der Waals surface area contributed by atoms with Crippen LogP contribution < -0.4 is 5.32 Å². The third kappa shape index (κ3) is 7.84. The Morgan fingerprint density at radius 1 is 1.29 bits per heavy atom. The Morgan fingerprint density at radius 3 is 2.05 bits per heavy atom.